The zero-order chi connectivity index (χ0) is 11.5. The molecule has 1 nitrogen and oxygen atoms in total. The number of halogens is 1. The molecule has 0 atom stereocenters. The van der Waals surface area contributed by atoms with Crippen molar-refractivity contribution >= 4 is 39.5 Å². The second-order valence-electron chi connectivity index (χ2n) is 3.56. The van der Waals surface area contributed by atoms with Gasteiger partial charge in [-0.25, -0.2) is 4.58 Å². The summed E-state index contributed by atoms with van der Waals surface area (Å²) in [7, 11) is 0. The molecule has 0 amide bonds. The molecule has 2 rings (SSSR count). The second kappa shape index (κ2) is 5.48. The van der Waals surface area contributed by atoms with E-state index in [0.29, 0.717) is 4.58 Å². The van der Waals surface area contributed by atoms with Gasteiger partial charge in [-0.2, -0.15) is 0 Å². The summed E-state index contributed by atoms with van der Waals surface area (Å²) in [4.78, 5) is 0. The zero-order valence-electron chi connectivity index (χ0n) is 9.44. The first-order chi connectivity index (χ1) is 7.74. The Morgan fingerprint density at radius 2 is 1.69 bits per heavy atom. The summed E-state index contributed by atoms with van der Waals surface area (Å²) in [6.45, 7) is 6.60. The van der Waals surface area contributed by atoms with Crippen LogP contribution in [0.15, 0.2) is 24.3 Å². The molecule has 0 radical (unpaired) electrons. The van der Waals surface area contributed by atoms with E-state index in [2.05, 4.69) is 30.6 Å². The standard InChI is InChI=1S/C12H15ClNS2/c1-3-14(4-2)12-15-11(16-12)9-5-7-10(13)8-6-9/h5-8,11H,3-4H2,1-2H3/q+1. The summed E-state index contributed by atoms with van der Waals surface area (Å²) in [5, 5.41) is 0.811. The summed E-state index contributed by atoms with van der Waals surface area (Å²) in [6.07, 6.45) is 0. The third-order valence-corrected chi connectivity index (χ3v) is 5.88. The van der Waals surface area contributed by atoms with Gasteiger partial charge in [-0.15, -0.1) is 0 Å². The van der Waals surface area contributed by atoms with Crippen LogP contribution in [0.5, 0.6) is 0 Å². The van der Waals surface area contributed by atoms with Crippen LogP contribution in [0.25, 0.3) is 0 Å². The van der Waals surface area contributed by atoms with E-state index in [9.17, 15) is 0 Å². The van der Waals surface area contributed by atoms with E-state index in [4.69, 9.17) is 11.6 Å². The molecule has 86 valence electrons. The Labute approximate surface area is 110 Å². The molecule has 1 saturated heterocycles. The van der Waals surface area contributed by atoms with E-state index in [1.165, 1.54) is 9.94 Å². The number of hydrogen-bond acceptors (Lipinski definition) is 2. The summed E-state index contributed by atoms with van der Waals surface area (Å²) >= 11 is 9.78. The van der Waals surface area contributed by atoms with Crippen LogP contribution in [0, 0.1) is 0 Å². The summed E-state index contributed by atoms with van der Waals surface area (Å²) in [5.41, 5.74) is 1.36. The first kappa shape index (κ1) is 12.3. The van der Waals surface area contributed by atoms with Gasteiger partial charge in [-0.05, 0) is 55.1 Å². The molecule has 0 bridgehead atoms. The summed E-state index contributed by atoms with van der Waals surface area (Å²) < 4.78 is 4.40. The third kappa shape index (κ3) is 2.58. The molecule has 0 aromatic heterocycles. The van der Waals surface area contributed by atoms with E-state index in [0.717, 1.165) is 18.1 Å². The van der Waals surface area contributed by atoms with Gasteiger partial charge >= 0.3 is 0 Å². The monoisotopic (exact) mass is 272 g/mol. The van der Waals surface area contributed by atoms with Gasteiger partial charge in [0.1, 0.15) is 13.1 Å². The minimum atomic E-state index is 0.549. The number of nitrogens with zero attached hydrogens (tertiary/aromatic N) is 1. The molecule has 0 unspecified atom stereocenters. The normalized spacial score (nSPS) is 19.4. The average molecular weight is 273 g/mol. The highest BCUT2D eigenvalue weighted by atomic mass is 35.5. The maximum atomic E-state index is 5.87. The van der Waals surface area contributed by atoms with Crippen LogP contribution in [-0.4, -0.2) is 22.0 Å². The minimum Gasteiger partial charge on any atom is -0.219 e. The lowest BCUT2D eigenvalue weighted by molar-refractivity contribution is -0.515. The van der Waals surface area contributed by atoms with E-state index in [1.54, 1.807) is 0 Å². The predicted molar refractivity (Wildman–Crippen MR) is 75.7 cm³/mol. The van der Waals surface area contributed by atoms with Gasteiger partial charge in [-0.1, -0.05) is 23.7 Å². The van der Waals surface area contributed by atoms with Crippen LogP contribution in [0.2, 0.25) is 5.02 Å². The highest BCUT2D eigenvalue weighted by Crippen LogP contribution is 2.53. The van der Waals surface area contributed by atoms with E-state index in [1.807, 2.05) is 35.7 Å². The van der Waals surface area contributed by atoms with Crippen molar-refractivity contribution in [2.24, 2.45) is 0 Å². The lowest BCUT2D eigenvalue weighted by atomic mass is 10.2. The molecule has 1 aliphatic rings. The quantitative estimate of drug-likeness (QED) is 0.758. The van der Waals surface area contributed by atoms with Gasteiger partial charge in [0.25, 0.3) is 4.38 Å². The Balaban J connectivity index is 2.03. The molecule has 0 N–H and O–H groups in total. The predicted octanol–water partition coefficient (Wildman–Crippen LogP) is 4.23. The largest absolute Gasteiger partial charge is 0.272 e. The smallest absolute Gasteiger partial charge is 0.219 e. The molecule has 0 saturated carbocycles. The van der Waals surface area contributed by atoms with Crippen LogP contribution in [0.4, 0.5) is 0 Å². The number of benzene rings is 1. The molecule has 16 heavy (non-hydrogen) atoms. The molecular formula is C12H15ClNS2+. The van der Waals surface area contributed by atoms with Gasteiger partial charge in [0.2, 0.25) is 0 Å². The molecule has 1 aliphatic heterocycles. The zero-order valence-corrected chi connectivity index (χ0v) is 11.8. The van der Waals surface area contributed by atoms with Crippen molar-refractivity contribution in [1.82, 2.24) is 0 Å². The van der Waals surface area contributed by atoms with Crippen molar-refractivity contribution in [1.29, 1.82) is 0 Å². The maximum absolute atomic E-state index is 5.87. The van der Waals surface area contributed by atoms with Crippen LogP contribution in [-0.2, 0) is 0 Å². The van der Waals surface area contributed by atoms with Gasteiger partial charge in [-0.3, -0.25) is 0 Å². The molecule has 0 aliphatic carbocycles. The topological polar surface area (TPSA) is 3.01 Å². The molecule has 1 heterocycles. The fourth-order valence-electron chi connectivity index (χ4n) is 1.58. The van der Waals surface area contributed by atoms with Crippen molar-refractivity contribution in [3.63, 3.8) is 0 Å². The van der Waals surface area contributed by atoms with Crippen molar-refractivity contribution in [3.05, 3.63) is 34.9 Å². The molecule has 1 fully saturated rings. The minimum absolute atomic E-state index is 0.549. The number of thioether (sulfide) groups is 2. The lowest BCUT2D eigenvalue weighted by Gasteiger charge is -2.24. The van der Waals surface area contributed by atoms with Gasteiger partial charge < -0.3 is 0 Å². The van der Waals surface area contributed by atoms with Crippen molar-refractivity contribution in [2.45, 2.75) is 18.4 Å². The van der Waals surface area contributed by atoms with Crippen molar-refractivity contribution < 1.29 is 4.58 Å². The first-order valence-corrected chi connectivity index (χ1v) is 7.59. The SMILES string of the molecule is CC[N+](CC)=C1SC(c2ccc(Cl)cc2)S1. The molecule has 4 heteroatoms. The average Bonchev–Trinajstić information content (AvgIpc) is 2.24. The third-order valence-electron chi connectivity index (χ3n) is 2.58. The Hall–Kier alpha value is -0.120. The van der Waals surface area contributed by atoms with E-state index >= 15 is 0 Å². The fraction of sp³-hybridized carbons (Fsp3) is 0.417. The van der Waals surface area contributed by atoms with Crippen LogP contribution in [0.1, 0.15) is 24.0 Å². The van der Waals surface area contributed by atoms with E-state index in [-0.39, 0.29) is 0 Å². The summed E-state index contributed by atoms with van der Waals surface area (Å²) in [6, 6.07) is 8.17. The Morgan fingerprint density at radius 1 is 1.12 bits per heavy atom. The Morgan fingerprint density at radius 3 is 2.19 bits per heavy atom. The number of hydrogen-bond donors (Lipinski definition) is 0. The maximum Gasteiger partial charge on any atom is 0.272 e. The van der Waals surface area contributed by atoms with Crippen molar-refractivity contribution in [2.75, 3.05) is 13.1 Å². The molecule has 1 aromatic rings. The van der Waals surface area contributed by atoms with Crippen LogP contribution >= 0.6 is 35.1 Å². The molecule has 1 aromatic carbocycles. The highest BCUT2D eigenvalue weighted by molar-refractivity contribution is 8.52. The van der Waals surface area contributed by atoms with Gasteiger partial charge in [0.15, 0.2) is 0 Å². The second-order valence-corrected chi connectivity index (χ2v) is 6.74. The Bertz CT molecular complexity index is 386. The van der Waals surface area contributed by atoms with E-state index < -0.39 is 0 Å². The van der Waals surface area contributed by atoms with Crippen LogP contribution < -0.4 is 0 Å². The van der Waals surface area contributed by atoms with Gasteiger partial charge in [0.05, 0.1) is 4.58 Å². The first-order valence-electron chi connectivity index (χ1n) is 5.45. The Kier molecular flexibility index (Phi) is 4.22. The highest BCUT2D eigenvalue weighted by Gasteiger charge is 2.35. The summed E-state index contributed by atoms with van der Waals surface area (Å²) in [5.74, 6) is 0. The van der Waals surface area contributed by atoms with Gasteiger partial charge in [0, 0.05) is 5.02 Å². The molecular weight excluding hydrogens is 258 g/mol. The van der Waals surface area contributed by atoms with Crippen LogP contribution in [0.3, 0.4) is 0 Å². The fourth-order valence-corrected chi connectivity index (χ4v) is 4.33. The number of rotatable bonds is 3. The molecule has 0 spiro atoms. The van der Waals surface area contributed by atoms with Crippen molar-refractivity contribution in [3.8, 4) is 0 Å². The lowest BCUT2D eigenvalue weighted by Crippen LogP contribution is -2.22.